The van der Waals surface area contributed by atoms with Crippen molar-refractivity contribution in [1.82, 2.24) is 9.29 Å². The lowest BCUT2D eigenvalue weighted by Gasteiger charge is -2.29. The first kappa shape index (κ1) is 12.7. The van der Waals surface area contributed by atoms with Gasteiger partial charge in [0.1, 0.15) is 0 Å². The van der Waals surface area contributed by atoms with Crippen LogP contribution in [0.2, 0.25) is 0 Å². The summed E-state index contributed by atoms with van der Waals surface area (Å²) in [6.07, 6.45) is -0.0795. The van der Waals surface area contributed by atoms with Crippen molar-refractivity contribution >= 4 is 26.5 Å². The highest BCUT2D eigenvalue weighted by Gasteiger charge is 2.32. The zero-order valence-corrected chi connectivity index (χ0v) is 11.3. The van der Waals surface area contributed by atoms with E-state index in [0.29, 0.717) is 25.4 Å². The van der Waals surface area contributed by atoms with Crippen LogP contribution in [-0.2, 0) is 14.8 Å². The van der Waals surface area contributed by atoms with Gasteiger partial charge in [0.2, 0.25) is 0 Å². The molecule has 1 fully saturated rings. The quantitative estimate of drug-likeness (QED) is 0.848. The number of morpholine rings is 1. The highest BCUT2D eigenvalue weighted by Crippen LogP contribution is 2.28. The molecule has 1 aromatic heterocycles. The lowest BCUT2D eigenvalue weighted by molar-refractivity contribution is 0.0102. The Balaban J connectivity index is 2.33. The van der Waals surface area contributed by atoms with E-state index in [0.717, 1.165) is 11.3 Å². The summed E-state index contributed by atoms with van der Waals surface area (Å²) >= 11 is 1.01. The number of ether oxygens (including phenoxy) is 1. The maximum atomic E-state index is 12.4. The average Bonchev–Trinajstić information content (AvgIpc) is 2.58. The zero-order chi connectivity index (χ0) is 12.6. The molecule has 0 radical (unpaired) electrons. The van der Waals surface area contributed by atoms with Crippen molar-refractivity contribution in [1.29, 1.82) is 0 Å². The molecule has 8 heteroatoms. The fourth-order valence-electron chi connectivity index (χ4n) is 1.76. The standard InChI is InChI=1S/C9H15N3O3S2/c1-6-5-12(3-4-15-6)17(13,14)8-7(2)11-9(10)16-8/h6H,3-5H2,1-2H3,(H2,10,11). The Morgan fingerprint density at radius 1 is 1.59 bits per heavy atom. The molecule has 0 aliphatic carbocycles. The van der Waals surface area contributed by atoms with Crippen molar-refractivity contribution in [3.05, 3.63) is 5.69 Å². The first-order valence-electron chi connectivity index (χ1n) is 5.26. The van der Waals surface area contributed by atoms with E-state index >= 15 is 0 Å². The fraction of sp³-hybridized carbons (Fsp3) is 0.667. The van der Waals surface area contributed by atoms with Gasteiger partial charge >= 0.3 is 0 Å². The summed E-state index contributed by atoms with van der Waals surface area (Å²) in [6.45, 7) is 4.69. The molecule has 1 aliphatic rings. The molecule has 1 aromatic rings. The Morgan fingerprint density at radius 2 is 2.29 bits per heavy atom. The minimum atomic E-state index is -3.48. The average molecular weight is 277 g/mol. The number of anilines is 1. The largest absolute Gasteiger partial charge is 0.376 e. The van der Waals surface area contributed by atoms with E-state index in [-0.39, 0.29) is 15.4 Å². The van der Waals surface area contributed by atoms with Crippen molar-refractivity contribution in [2.45, 2.75) is 24.2 Å². The summed E-state index contributed by atoms with van der Waals surface area (Å²) in [5.74, 6) is 0. The number of rotatable bonds is 2. The lowest BCUT2D eigenvalue weighted by Crippen LogP contribution is -2.44. The summed E-state index contributed by atoms with van der Waals surface area (Å²) in [5.41, 5.74) is 6.00. The van der Waals surface area contributed by atoms with Crippen molar-refractivity contribution in [2.24, 2.45) is 0 Å². The van der Waals surface area contributed by atoms with Gasteiger partial charge in [-0.2, -0.15) is 4.31 Å². The molecule has 1 unspecified atom stereocenters. The van der Waals surface area contributed by atoms with E-state index < -0.39 is 10.0 Å². The van der Waals surface area contributed by atoms with E-state index in [9.17, 15) is 8.42 Å². The molecule has 1 aliphatic heterocycles. The molecule has 96 valence electrons. The van der Waals surface area contributed by atoms with E-state index in [1.165, 1.54) is 4.31 Å². The molecule has 0 aromatic carbocycles. The second-order valence-electron chi connectivity index (χ2n) is 3.97. The molecule has 0 spiro atoms. The van der Waals surface area contributed by atoms with Gasteiger partial charge in [-0.05, 0) is 13.8 Å². The maximum absolute atomic E-state index is 12.4. The Bertz CT molecular complexity index is 512. The van der Waals surface area contributed by atoms with Crippen LogP contribution in [0.5, 0.6) is 0 Å². The smallest absolute Gasteiger partial charge is 0.254 e. The topological polar surface area (TPSA) is 85.5 Å². The number of nitrogens with zero attached hydrogens (tertiary/aromatic N) is 2. The summed E-state index contributed by atoms with van der Waals surface area (Å²) in [7, 11) is -3.48. The van der Waals surface area contributed by atoms with Crippen molar-refractivity contribution in [3.63, 3.8) is 0 Å². The molecule has 1 saturated heterocycles. The van der Waals surface area contributed by atoms with Crippen LogP contribution < -0.4 is 5.73 Å². The number of hydrogen-bond donors (Lipinski definition) is 1. The number of aromatic nitrogens is 1. The number of thiazole rings is 1. The molecule has 0 amide bonds. The Labute approximate surface area is 104 Å². The molecule has 6 nitrogen and oxygen atoms in total. The minimum absolute atomic E-state index is 0.0795. The Kier molecular flexibility index (Phi) is 3.39. The van der Waals surface area contributed by atoms with Crippen LogP contribution in [0.4, 0.5) is 5.13 Å². The van der Waals surface area contributed by atoms with Crippen LogP contribution in [-0.4, -0.2) is 43.5 Å². The number of hydrogen-bond acceptors (Lipinski definition) is 6. The monoisotopic (exact) mass is 277 g/mol. The molecule has 1 atom stereocenters. The van der Waals surface area contributed by atoms with Crippen LogP contribution in [0.3, 0.4) is 0 Å². The Morgan fingerprint density at radius 3 is 2.82 bits per heavy atom. The molecule has 17 heavy (non-hydrogen) atoms. The normalized spacial score (nSPS) is 22.8. The van der Waals surface area contributed by atoms with Crippen LogP contribution in [0.15, 0.2) is 4.21 Å². The first-order valence-corrected chi connectivity index (χ1v) is 7.51. The number of nitrogen functional groups attached to an aromatic ring is 1. The minimum Gasteiger partial charge on any atom is -0.376 e. The van der Waals surface area contributed by atoms with E-state index in [2.05, 4.69) is 4.98 Å². The third-order valence-corrected chi connectivity index (χ3v) is 5.99. The summed E-state index contributed by atoms with van der Waals surface area (Å²) in [6, 6.07) is 0. The second-order valence-corrected chi connectivity index (χ2v) is 7.13. The van der Waals surface area contributed by atoms with Crippen molar-refractivity contribution in [2.75, 3.05) is 25.4 Å². The summed E-state index contributed by atoms with van der Waals surface area (Å²) in [5, 5.41) is 0.280. The van der Waals surface area contributed by atoms with E-state index in [1.54, 1.807) is 6.92 Å². The highest BCUT2D eigenvalue weighted by molar-refractivity contribution is 7.91. The lowest BCUT2D eigenvalue weighted by atomic mass is 10.3. The van der Waals surface area contributed by atoms with Gasteiger partial charge in [0.25, 0.3) is 10.0 Å². The Hall–Kier alpha value is -0.700. The second kappa shape index (κ2) is 4.52. The molecular weight excluding hydrogens is 262 g/mol. The van der Waals surface area contributed by atoms with Crippen LogP contribution in [0.1, 0.15) is 12.6 Å². The first-order chi connectivity index (χ1) is 7.91. The van der Waals surface area contributed by atoms with Gasteiger partial charge in [-0.3, -0.25) is 0 Å². The highest BCUT2D eigenvalue weighted by atomic mass is 32.2. The summed E-state index contributed by atoms with van der Waals surface area (Å²) < 4.78 is 31.7. The molecule has 2 heterocycles. The van der Waals surface area contributed by atoms with Crippen LogP contribution in [0, 0.1) is 6.92 Å². The van der Waals surface area contributed by atoms with Gasteiger partial charge < -0.3 is 10.5 Å². The fourth-order valence-corrected chi connectivity index (χ4v) is 4.70. The zero-order valence-electron chi connectivity index (χ0n) is 9.71. The summed E-state index contributed by atoms with van der Waals surface area (Å²) in [4.78, 5) is 3.95. The number of sulfonamides is 1. The SMILES string of the molecule is Cc1nc(N)sc1S(=O)(=O)N1CCOC(C)C1. The maximum Gasteiger partial charge on any atom is 0.254 e. The van der Waals surface area contributed by atoms with E-state index in [1.807, 2.05) is 6.92 Å². The van der Waals surface area contributed by atoms with Gasteiger partial charge in [0, 0.05) is 13.1 Å². The van der Waals surface area contributed by atoms with Gasteiger partial charge in [-0.25, -0.2) is 13.4 Å². The van der Waals surface area contributed by atoms with Gasteiger partial charge in [0.05, 0.1) is 18.4 Å². The van der Waals surface area contributed by atoms with Gasteiger partial charge in [-0.1, -0.05) is 11.3 Å². The predicted molar refractivity (Wildman–Crippen MR) is 65.4 cm³/mol. The van der Waals surface area contributed by atoms with E-state index in [4.69, 9.17) is 10.5 Å². The van der Waals surface area contributed by atoms with Crippen molar-refractivity contribution in [3.8, 4) is 0 Å². The molecule has 2 N–H and O–H groups in total. The predicted octanol–water partition coefficient (Wildman–Crippen LogP) is 0.443. The third-order valence-electron chi connectivity index (χ3n) is 2.55. The number of aryl methyl sites for hydroxylation is 1. The molecule has 0 saturated carbocycles. The van der Waals surface area contributed by atoms with Gasteiger partial charge in [0.15, 0.2) is 9.34 Å². The van der Waals surface area contributed by atoms with Crippen LogP contribution >= 0.6 is 11.3 Å². The third kappa shape index (κ3) is 2.44. The number of nitrogens with two attached hydrogens (primary N) is 1. The van der Waals surface area contributed by atoms with Crippen molar-refractivity contribution < 1.29 is 13.2 Å². The molecule has 0 bridgehead atoms. The van der Waals surface area contributed by atoms with Crippen LogP contribution in [0.25, 0.3) is 0 Å². The molecule has 2 rings (SSSR count). The van der Waals surface area contributed by atoms with Gasteiger partial charge in [-0.15, -0.1) is 0 Å². The molecular formula is C9H15N3O3S2.